The van der Waals surface area contributed by atoms with Gasteiger partial charge >= 0.3 is 0 Å². The van der Waals surface area contributed by atoms with Crippen molar-refractivity contribution in [3.05, 3.63) is 0 Å². The molecule has 0 spiro atoms. The molecule has 0 saturated carbocycles. The van der Waals surface area contributed by atoms with Crippen molar-refractivity contribution in [1.29, 1.82) is 0 Å². The molecular weight excluding hydrogens is 304 g/mol. The molecule has 2 fully saturated rings. The van der Waals surface area contributed by atoms with E-state index in [-0.39, 0.29) is 12.0 Å². The topological polar surface area (TPSA) is 62.0 Å². The van der Waals surface area contributed by atoms with E-state index in [1.165, 1.54) is 0 Å². The molecule has 0 radical (unpaired) electrons. The fourth-order valence-corrected chi connectivity index (χ4v) is 3.73. The quantitative estimate of drug-likeness (QED) is 0.773. The predicted molar refractivity (Wildman–Crippen MR) is 97.0 cm³/mol. The van der Waals surface area contributed by atoms with E-state index in [2.05, 4.69) is 30.6 Å². The van der Waals surface area contributed by atoms with Gasteiger partial charge in [-0.15, -0.1) is 0 Å². The highest BCUT2D eigenvalue weighted by atomic mass is 16.5. The first-order chi connectivity index (χ1) is 11.3. The molecule has 24 heavy (non-hydrogen) atoms. The monoisotopic (exact) mass is 340 g/mol. The molecule has 0 aromatic heterocycles. The molecule has 2 rings (SSSR count). The second kappa shape index (κ2) is 8.61. The van der Waals surface area contributed by atoms with Crippen LogP contribution in [0.15, 0.2) is 0 Å². The summed E-state index contributed by atoms with van der Waals surface area (Å²) in [5.74, 6) is 0.101. The van der Waals surface area contributed by atoms with Gasteiger partial charge in [-0.05, 0) is 27.2 Å². The summed E-state index contributed by atoms with van der Waals surface area (Å²) < 4.78 is 5.94. The molecule has 140 valence electrons. The van der Waals surface area contributed by atoms with E-state index in [1.54, 1.807) is 0 Å². The van der Waals surface area contributed by atoms with E-state index >= 15 is 0 Å². The van der Waals surface area contributed by atoms with Crippen LogP contribution in [0.4, 0.5) is 0 Å². The molecule has 2 aliphatic heterocycles. The highest BCUT2D eigenvalue weighted by Gasteiger charge is 2.34. The van der Waals surface area contributed by atoms with Gasteiger partial charge in [-0.2, -0.15) is 0 Å². The molecule has 2 unspecified atom stereocenters. The summed E-state index contributed by atoms with van der Waals surface area (Å²) >= 11 is 0. The Morgan fingerprint density at radius 2 is 1.92 bits per heavy atom. The summed E-state index contributed by atoms with van der Waals surface area (Å²) in [4.78, 5) is 19.4. The second-order valence-electron chi connectivity index (χ2n) is 7.84. The third-order valence-electron chi connectivity index (χ3n) is 5.28. The van der Waals surface area contributed by atoms with Crippen LogP contribution in [-0.2, 0) is 9.53 Å². The van der Waals surface area contributed by atoms with E-state index in [0.29, 0.717) is 6.04 Å². The van der Waals surface area contributed by atoms with Crippen molar-refractivity contribution in [2.24, 2.45) is 5.73 Å². The predicted octanol–water partition coefficient (Wildman–Crippen LogP) is 0.757. The second-order valence-corrected chi connectivity index (χ2v) is 7.84. The summed E-state index contributed by atoms with van der Waals surface area (Å²) in [6.45, 7) is 15.6. The van der Waals surface area contributed by atoms with Crippen molar-refractivity contribution < 1.29 is 9.53 Å². The van der Waals surface area contributed by atoms with Gasteiger partial charge in [0.1, 0.15) is 0 Å². The Bertz CT molecular complexity index is 406. The molecule has 2 heterocycles. The number of hydrogen-bond donors (Lipinski definition) is 1. The van der Waals surface area contributed by atoms with Crippen LogP contribution < -0.4 is 5.73 Å². The maximum atomic E-state index is 12.6. The van der Waals surface area contributed by atoms with Gasteiger partial charge in [-0.25, -0.2) is 0 Å². The van der Waals surface area contributed by atoms with Gasteiger partial charge < -0.3 is 15.4 Å². The van der Waals surface area contributed by atoms with Crippen molar-refractivity contribution in [3.63, 3.8) is 0 Å². The summed E-state index contributed by atoms with van der Waals surface area (Å²) in [6, 6.07) is 0.576. The lowest BCUT2D eigenvalue weighted by Crippen LogP contribution is -2.59. The van der Waals surface area contributed by atoms with Crippen molar-refractivity contribution in [1.82, 2.24) is 14.7 Å². The van der Waals surface area contributed by atoms with E-state index in [4.69, 9.17) is 10.5 Å². The Hall–Kier alpha value is -0.690. The summed E-state index contributed by atoms with van der Waals surface area (Å²) in [7, 11) is 0. The molecule has 0 bridgehead atoms. The van der Waals surface area contributed by atoms with Gasteiger partial charge in [-0.3, -0.25) is 14.6 Å². The van der Waals surface area contributed by atoms with Crippen LogP contribution in [0.25, 0.3) is 0 Å². The minimum Gasteiger partial charge on any atom is -0.374 e. The molecule has 2 atom stereocenters. The van der Waals surface area contributed by atoms with Crippen LogP contribution in [-0.4, -0.2) is 90.7 Å². The first-order valence-corrected chi connectivity index (χ1v) is 9.49. The molecular formula is C18H36N4O2. The lowest BCUT2D eigenvalue weighted by atomic mass is 9.95. The first-order valence-electron chi connectivity index (χ1n) is 9.49. The number of nitrogens with two attached hydrogens (primary N) is 1. The minimum atomic E-state index is -0.721. The zero-order valence-corrected chi connectivity index (χ0v) is 16.0. The number of rotatable bonds is 6. The zero-order valence-electron chi connectivity index (χ0n) is 16.0. The number of hydrogen-bond acceptors (Lipinski definition) is 5. The molecule has 0 aromatic carbocycles. The maximum absolute atomic E-state index is 12.6. The third-order valence-corrected chi connectivity index (χ3v) is 5.28. The van der Waals surface area contributed by atoms with Gasteiger partial charge in [0.25, 0.3) is 0 Å². The number of nitrogens with zero attached hydrogens (tertiary/aromatic N) is 3. The SMILES string of the molecule is CCCC(C)(N)C(=O)N1CCN(CC2CN(C(C)C)CCO2)CC1. The van der Waals surface area contributed by atoms with Gasteiger partial charge in [0.2, 0.25) is 5.91 Å². The average Bonchev–Trinajstić information content (AvgIpc) is 2.55. The highest BCUT2D eigenvalue weighted by Crippen LogP contribution is 2.16. The maximum Gasteiger partial charge on any atom is 0.242 e. The summed E-state index contributed by atoms with van der Waals surface area (Å²) in [6.07, 6.45) is 1.96. The Balaban J connectivity index is 1.77. The van der Waals surface area contributed by atoms with Gasteiger partial charge in [0, 0.05) is 51.9 Å². The summed E-state index contributed by atoms with van der Waals surface area (Å²) in [5, 5.41) is 0. The van der Waals surface area contributed by atoms with E-state index < -0.39 is 5.54 Å². The number of piperazine rings is 1. The number of carbonyl (C=O) groups excluding carboxylic acids is 1. The molecule has 2 saturated heterocycles. The van der Waals surface area contributed by atoms with Crippen molar-refractivity contribution in [2.75, 3.05) is 52.4 Å². The lowest BCUT2D eigenvalue weighted by Gasteiger charge is -2.41. The fourth-order valence-electron chi connectivity index (χ4n) is 3.73. The smallest absolute Gasteiger partial charge is 0.242 e. The van der Waals surface area contributed by atoms with Crippen LogP contribution in [0.1, 0.15) is 40.5 Å². The van der Waals surface area contributed by atoms with Gasteiger partial charge in [0.15, 0.2) is 0 Å². The van der Waals surface area contributed by atoms with E-state index in [1.807, 2.05) is 11.8 Å². The van der Waals surface area contributed by atoms with Crippen LogP contribution in [0.2, 0.25) is 0 Å². The zero-order chi connectivity index (χ0) is 17.7. The Morgan fingerprint density at radius 3 is 2.50 bits per heavy atom. The van der Waals surface area contributed by atoms with Gasteiger partial charge in [0.05, 0.1) is 18.2 Å². The Morgan fingerprint density at radius 1 is 1.25 bits per heavy atom. The summed E-state index contributed by atoms with van der Waals surface area (Å²) in [5.41, 5.74) is 5.48. The number of amides is 1. The Kier molecular flexibility index (Phi) is 7.04. The molecule has 6 nitrogen and oxygen atoms in total. The van der Waals surface area contributed by atoms with Crippen LogP contribution in [0, 0.1) is 0 Å². The normalized spacial score (nSPS) is 26.6. The minimum absolute atomic E-state index is 0.101. The molecule has 1 amide bonds. The standard InChI is InChI=1S/C18H36N4O2/c1-5-6-18(4,19)17(23)21-9-7-20(8-10-21)13-16-14-22(15(2)3)11-12-24-16/h15-16H,5-14,19H2,1-4H3. The van der Waals surface area contributed by atoms with E-state index in [9.17, 15) is 4.79 Å². The number of morpholine rings is 1. The number of carbonyl (C=O) groups is 1. The molecule has 6 heteroatoms. The molecule has 0 aliphatic carbocycles. The van der Waals surface area contributed by atoms with Crippen molar-refractivity contribution in [3.8, 4) is 0 Å². The first kappa shape index (κ1) is 19.6. The molecule has 2 aliphatic rings. The third kappa shape index (κ3) is 5.15. The average molecular weight is 341 g/mol. The fraction of sp³-hybridized carbons (Fsp3) is 0.944. The molecule has 2 N–H and O–H groups in total. The largest absolute Gasteiger partial charge is 0.374 e. The lowest BCUT2D eigenvalue weighted by molar-refractivity contribution is -0.139. The Labute approximate surface area is 147 Å². The van der Waals surface area contributed by atoms with Crippen LogP contribution >= 0.6 is 0 Å². The van der Waals surface area contributed by atoms with E-state index in [0.717, 1.165) is 65.3 Å². The number of ether oxygens (including phenoxy) is 1. The van der Waals surface area contributed by atoms with Crippen LogP contribution in [0.3, 0.4) is 0 Å². The van der Waals surface area contributed by atoms with Crippen LogP contribution in [0.5, 0.6) is 0 Å². The van der Waals surface area contributed by atoms with Gasteiger partial charge in [-0.1, -0.05) is 13.3 Å². The molecule has 0 aromatic rings. The van der Waals surface area contributed by atoms with Crippen molar-refractivity contribution >= 4 is 5.91 Å². The van der Waals surface area contributed by atoms with Crippen molar-refractivity contribution in [2.45, 2.75) is 58.2 Å². The highest BCUT2D eigenvalue weighted by molar-refractivity contribution is 5.85.